The van der Waals surface area contributed by atoms with Crippen LogP contribution in [0.3, 0.4) is 0 Å². The summed E-state index contributed by atoms with van der Waals surface area (Å²) in [6.07, 6.45) is 1.02. The average Bonchev–Trinajstić information content (AvgIpc) is 2.33. The van der Waals surface area contributed by atoms with Crippen molar-refractivity contribution in [3.05, 3.63) is 35.9 Å². The Morgan fingerprint density at radius 3 is 2.47 bits per heavy atom. The van der Waals surface area contributed by atoms with Gasteiger partial charge in [-0.25, -0.2) is 5.90 Å². The lowest BCUT2D eigenvalue weighted by Crippen LogP contribution is -2.01. The van der Waals surface area contributed by atoms with E-state index in [1.54, 1.807) is 0 Å². The molecule has 0 aliphatic carbocycles. The highest BCUT2D eigenvalue weighted by molar-refractivity contribution is 7.98. The van der Waals surface area contributed by atoms with Crippen LogP contribution in [0.25, 0.3) is 0 Å². The summed E-state index contributed by atoms with van der Waals surface area (Å²) in [6.45, 7) is 4.65. The van der Waals surface area contributed by atoms with E-state index in [-0.39, 0.29) is 0 Å². The van der Waals surface area contributed by atoms with Crippen LogP contribution in [0, 0.1) is 0 Å². The first-order valence-corrected chi connectivity index (χ1v) is 6.52. The molecule has 3 heteroatoms. The van der Waals surface area contributed by atoms with E-state index in [2.05, 4.69) is 29.1 Å². The van der Waals surface area contributed by atoms with Gasteiger partial charge < -0.3 is 4.84 Å². The van der Waals surface area contributed by atoms with Crippen molar-refractivity contribution >= 4 is 11.8 Å². The molecule has 0 heterocycles. The molecule has 1 aromatic rings. The van der Waals surface area contributed by atoms with E-state index >= 15 is 0 Å². The molecule has 1 aromatic carbocycles. The SMILES string of the molecule is CC.NOCCCSCc1ccccc1. The molecule has 0 aromatic heterocycles. The highest BCUT2D eigenvalue weighted by Crippen LogP contribution is 2.12. The van der Waals surface area contributed by atoms with Crippen LogP contribution < -0.4 is 5.90 Å². The Morgan fingerprint density at radius 1 is 1.20 bits per heavy atom. The lowest BCUT2D eigenvalue weighted by molar-refractivity contribution is 0.139. The smallest absolute Gasteiger partial charge is 0.0687 e. The number of hydrogen-bond donors (Lipinski definition) is 1. The Bertz CT molecular complexity index is 216. The van der Waals surface area contributed by atoms with Crippen LogP contribution in [-0.4, -0.2) is 12.4 Å². The van der Waals surface area contributed by atoms with Gasteiger partial charge in [-0.15, -0.1) is 0 Å². The summed E-state index contributed by atoms with van der Waals surface area (Å²) >= 11 is 1.91. The minimum Gasteiger partial charge on any atom is -0.305 e. The van der Waals surface area contributed by atoms with Crippen molar-refractivity contribution in [2.24, 2.45) is 5.90 Å². The second kappa shape index (κ2) is 11.6. The molecule has 0 atom stereocenters. The topological polar surface area (TPSA) is 35.2 Å². The van der Waals surface area contributed by atoms with Gasteiger partial charge in [-0.05, 0) is 17.7 Å². The third kappa shape index (κ3) is 8.48. The summed E-state index contributed by atoms with van der Waals surface area (Å²) < 4.78 is 0. The predicted molar refractivity (Wildman–Crippen MR) is 68.7 cm³/mol. The van der Waals surface area contributed by atoms with Gasteiger partial charge in [-0.3, -0.25) is 0 Å². The van der Waals surface area contributed by atoms with E-state index in [1.165, 1.54) is 5.56 Å². The zero-order valence-corrected chi connectivity index (χ0v) is 10.4. The molecule has 15 heavy (non-hydrogen) atoms. The summed E-state index contributed by atoms with van der Waals surface area (Å²) in [5, 5.41) is 0. The molecule has 0 saturated carbocycles. The van der Waals surface area contributed by atoms with Gasteiger partial charge in [0.25, 0.3) is 0 Å². The lowest BCUT2D eigenvalue weighted by Gasteiger charge is -2.00. The summed E-state index contributed by atoms with van der Waals surface area (Å²) in [6, 6.07) is 10.5. The van der Waals surface area contributed by atoms with E-state index < -0.39 is 0 Å². The molecular weight excluding hydrogens is 206 g/mol. The van der Waals surface area contributed by atoms with Gasteiger partial charge in [0.15, 0.2) is 0 Å². The summed E-state index contributed by atoms with van der Waals surface area (Å²) in [5.41, 5.74) is 1.38. The van der Waals surface area contributed by atoms with Crippen molar-refractivity contribution < 1.29 is 4.84 Å². The fourth-order valence-corrected chi connectivity index (χ4v) is 1.90. The first-order chi connectivity index (χ1) is 7.43. The number of thioether (sulfide) groups is 1. The van der Waals surface area contributed by atoms with E-state index in [1.807, 2.05) is 31.7 Å². The molecule has 86 valence electrons. The molecule has 0 fully saturated rings. The summed E-state index contributed by atoms with van der Waals surface area (Å²) in [5.74, 6) is 7.09. The van der Waals surface area contributed by atoms with Gasteiger partial charge >= 0.3 is 0 Å². The number of hydrogen-bond acceptors (Lipinski definition) is 3. The minimum atomic E-state index is 0.655. The summed E-state index contributed by atoms with van der Waals surface area (Å²) in [4.78, 5) is 4.48. The Kier molecular flexibility index (Phi) is 11.2. The highest BCUT2D eigenvalue weighted by Gasteiger charge is 1.92. The Labute approximate surface area is 97.2 Å². The highest BCUT2D eigenvalue weighted by atomic mass is 32.2. The van der Waals surface area contributed by atoms with Crippen LogP contribution in [0.1, 0.15) is 25.8 Å². The van der Waals surface area contributed by atoms with Gasteiger partial charge in [0.2, 0.25) is 0 Å². The van der Waals surface area contributed by atoms with Gasteiger partial charge in [-0.1, -0.05) is 44.2 Å². The number of rotatable bonds is 6. The van der Waals surface area contributed by atoms with Crippen LogP contribution in [0.15, 0.2) is 30.3 Å². The standard InChI is InChI=1S/C10H15NOS.C2H6/c11-12-7-4-8-13-9-10-5-2-1-3-6-10;1-2/h1-3,5-6H,4,7-9,11H2;1-2H3. The number of nitrogens with two attached hydrogens (primary N) is 1. The second-order valence-electron chi connectivity index (χ2n) is 2.76. The van der Waals surface area contributed by atoms with Gasteiger partial charge in [0, 0.05) is 5.75 Å². The van der Waals surface area contributed by atoms with E-state index in [0.29, 0.717) is 6.61 Å². The van der Waals surface area contributed by atoms with Crippen LogP contribution in [0.4, 0.5) is 0 Å². The molecule has 0 aliphatic rings. The first kappa shape index (κ1) is 14.5. The molecule has 0 aliphatic heterocycles. The maximum atomic E-state index is 4.91. The van der Waals surface area contributed by atoms with E-state index in [0.717, 1.165) is 17.9 Å². The fraction of sp³-hybridized carbons (Fsp3) is 0.500. The Morgan fingerprint density at radius 2 is 1.87 bits per heavy atom. The van der Waals surface area contributed by atoms with Crippen LogP contribution in [0.2, 0.25) is 0 Å². The van der Waals surface area contributed by atoms with Crippen molar-refractivity contribution in [3.8, 4) is 0 Å². The monoisotopic (exact) mass is 227 g/mol. The molecule has 0 amide bonds. The molecular formula is C12H21NOS. The molecule has 0 bridgehead atoms. The second-order valence-corrected chi connectivity index (χ2v) is 3.87. The van der Waals surface area contributed by atoms with Gasteiger partial charge in [-0.2, -0.15) is 11.8 Å². The Balaban J connectivity index is 0.000000921. The van der Waals surface area contributed by atoms with Crippen molar-refractivity contribution in [1.82, 2.24) is 0 Å². The van der Waals surface area contributed by atoms with Crippen LogP contribution >= 0.6 is 11.8 Å². The largest absolute Gasteiger partial charge is 0.305 e. The molecule has 0 saturated heterocycles. The van der Waals surface area contributed by atoms with Gasteiger partial charge in [0.1, 0.15) is 0 Å². The zero-order valence-electron chi connectivity index (χ0n) is 9.61. The maximum Gasteiger partial charge on any atom is 0.0687 e. The third-order valence-electron chi connectivity index (χ3n) is 1.66. The average molecular weight is 227 g/mol. The molecule has 2 nitrogen and oxygen atoms in total. The maximum absolute atomic E-state index is 4.91. The molecule has 0 spiro atoms. The normalized spacial score (nSPS) is 9.27. The van der Waals surface area contributed by atoms with Gasteiger partial charge in [0.05, 0.1) is 6.61 Å². The quantitative estimate of drug-likeness (QED) is 0.598. The number of benzene rings is 1. The van der Waals surface area contributed by atoms with Crippen molar-refractivity contribution in [2.75, 3.05) is 12.4 Å². The molecule has 0 unspecified atom stereocenters. The zero-order chi connectivity index (χ0) is 11.4. The van der Waals surface area contributed by atoms with Crippen LogP contribution in [0.5, 0.6) is 0 Å². The first-order valence-electron chi connectivity index (χ1n) is 5.37. The molecule has 2 N–H and O–H groups in total. The Hall–Kier alpha value is -0.510. The van der Waals surface area contributed by atoms with Crippen molar-refractivity contribution in [1.29, 1.82) is 0 Å². The third-order valence-corrected chi connectivity index (χ3v) is 2.78. The van der Waals surface area contributed by atoms with E-state index in [9.17, 15) is 0 Å². The van der Waals surface area contributed by atoms with Crippen molar-refractivity contribution in [3.63, 3.8) is 0 Å². The summed E-state index contributed by atoms with van der Waals surface area (Å²) in [7, 11) is 0. The fourth-order valence-electron chi connectivity index (χ4n) is 1.01. The lowest BCUT2D eigenvalue weighted by atomic mass is 10.2. The molecule has 1 rings (SSSR count). The predicted octanol–water partition coefficient (Wildman–Crippen LogP) is 3.23. The van der Waals surface area contributed by atoms with Crippen molar-refractivity contribution in [2.45, 2.75) is 26.0 Å². The van der Waals surface area contributed by atoms with E-state index in [4.69, 9.17) is 5.90 Å². The van der Waals surface area contributed by atoms with Crippen LogP contribution in [-0.2, 0) is 10.6 Å². The minimum absolute atomic E-state index is 0.655. The molecule has 0 radical (unpaired) electrons.